The Bertz CT molecular complexity index is 572. The van der Waals surface area contributed by atoms with E-state index in [4.69, 9.17) is 4.74 Å². The van der Waals surface area contributed by atoms with Crippen LogP contribution in [0.4, 0.5) is 0 Å². The van der Waals surface area contributed by atoms with Gasteiger partial charge in [0.05, 0.1) is 12.8 Å². The van der Waals surface area contributed by atoms with E-state index in [1.165, 1.54) is 0 Å². The van der Waals surface area contributed by atoms with Crippen molar-refractivity contribution in [3.8, 4) is 5.75 Å². The van der Waals surface area contributed by atoms with E-state index in [9.17, 15) is 5.11 Å². The van der Waals surface area contributed by atoms with Crippen molar-refractivity contribution in [2.75, 3.05) is 7.11 Å². The molecule has 0 bridgehead atoms. The van der Waals surface area contributed by atoms with Crippen molar-refractivity contribution >= 4 is 15.9 Å². The molecule has 1 heterocycles. The summed E-state index contributed by atoms with van der Waals surface area (Å²) in [5.41, 5.74) is 2.53. The molecule has 3 nitrogen and oxygen atoms in total. The molecule has 19 heavy (non-hydrogen) atoms. The lowest BCUT2D eigenvalue weighted by Crippen LogP contribution is -2.06. The highest BCUT2D eigenvalue weighted by Gasteiger charge is 2.13. The fourth-order valence-electron chi connectivity index (χ4n) is 1.97. The Kier molecular flexibility index (Phi) is 4.56. The fraction of sp³-hybridized carbons (Fsp3) is 0.267. The highest BCUT2D eigenvalue weighted by Crippen LogP contribution is 2.27. The maximum absolute atomic E-state index is 10.3. The van der Waals surface area contributed by atoms with Gasteiger partial charge in [0, 0.05) is 16.6 Å². The van der Waals surface area contributed by atoms with Gasteiger partial charge in [-0.25, -0.2) is 0 Å². The monoisotopic (exact) mass is 321 g/mol. The van der Waals surface area contributed by atoms with Crippen molar-refractivity contribution in [1.82, 2.24) is 4.98 Å². The number of ether oxygens (including phenoxy) is 1. The summed E-state index contributed by atoms with van der Waals surface area (Å²) in [6.07, 6.45) is -0.165. The van der Waals surface area contributed by atoms with Gasteiger partial charge in [0.15, 0.2) is 0 Å². The number of aliphatic hydroxyl groups excluding tert-OH is 1. The maximum atomic E-state index is 10.3. The molecule has 1 atom stereocenters. The maximum Gasteiger partial charge on any atom is 0.122 e. The third kappa shape index (κ3) is 3.55. The van der Waals surface area contributed by atoms with Crippen LogP contribution in [0.5, 0.6) is 5.75 Å². The molecule has 0 saturated carbocycles. The lowest BCUT2D eigenvalue weighted by atomic mass is 10.0. The SMILES string of the molecule is COc1ccc(Br)cc1CC(O)c1cccc(C)n1. The largest absolute Gasteiger partial charge is 0.496 e. The summed E-state index contributed by atoms with van der Waals surface area (Å²) in [4.78, 5) is 4.34. The lowest BCUT2D eigenvalue weighted by molar-refractivity contribution is 0.172. The van der Waals surface area contributed by atoms with E-state index in [0.717, 1.165) is 21.5 Å². The van der Waals surface area contributed by atoms with E-state index in [1.54, 1.807) is 7.11 Å². The quantitative estimate of drug-likeness (QED) is 0.938. The molecule has 100 valence electrons. The predicted octanol–water partition coefficient (Wildman–Crippen LogP) is 3.44. The summed E-state index contributed by atoms with van der Waals surface area (Å²) in [7, 11) is 1.63. The van der Waals surface area contributed by atoms with Crippen molar-refractivity contribution in [2.24, 2.45) is 0 Å². The first-order valence-electron chi connectivity index (χ1n) is 6.04. The molecule has 0 aliphatic heterocycles. The third-order valence-electron chi connectivity index (χ3n) is 2.91. The number of hydrogen-bond acceptors (Lipinski definition) is 3. The molecule has 0 saturated heterocycles. The highest BCUT2D eigenvalue weighted by atomic mass is 79.9. The number of methoxy groups -OCH3 is 1. The zero-order valence-corrected chi connectivity index (χ0v) is 12.5. The van der Waals surface area contributed by atoms with E-state index >= 15 is 0 Å². The van der Waals surface area contributed by atoms with Crippen molar-refractivity contribution in [3.63, 3.8) is 0 Å². The fourth-order valence-corrected chi connectivity index (χ4v) is 2.38. The van der Waals surface area contributed by atoms with Crippen LogP contribution >= 0.6 is 15.9 Å². The molecule has 0 spiro atoms. The van der Waals surface area contributed by atoms with Gasteiger partial charge in [-0.15, -0.1) is 0 Å². The number of aliphatic hydroxyl groups is 1. The van der Waals surface area contributed by atoms with Crippen LogP contribution in [0.2, 0.25) is 0 Å². The van der Waals surface area contributed by atoms with E-state index in [1.807, 2.05) is 43.3 Å². The third-order valence-corrected chi connectivity index (χ3v) is 3.40. The minimum atomic E-state index is -0.636. The molecular formula is C15H16BrNO2. The number of aromatic nitrogens is 1. The van der Waals surface area contributed by atoms with Crippen LogP contribution in [-0.4, -0.2) is 17.2 Å². The van der Waals surface area contributed by atoms with Crippen molar-refractivity contribution < 1.29 is 9.84 Å². The van der Waals surface area contributed by atoms with Gasteiger partial charge in [0.2, 0.25) is 0 Å². The predicted molar refractivity (Wildman–Crippen MR) is 78.3 cm³/mol. The van der Waals surface area contributed by atoms with Gasteiger partial charge in [-0.1, -0.05) is 22.0 Å². The molecule has 1 N–H and O–H groups in total. The normalized spacial score (nSPS) is 12.2. The molecular weight excluding hydrogens is 306 g/mol. The van der Waals surface area contributed by atoms with Gasteiger partial charge in [-0.3, -0.25) is 4.98 Å². The van der Waals surface area contributed by atoms with E-state index in [-0.39, 0.29) is 0 Å². The van der Waals surface area contributed by atoms with Crippen molar-refractivity contribution in [2.45, 2.75) is 19.4 Å². The van der Waals surface area contributed by atoms with Crippen LogP contribution in [0.1, 0.15) is 23.1 Å². The van der Waals surface area contributed by atoms with Crippen LogP contribution in [0.3, 0.4) is 0 Å². The summed E-state index contributed by atoms with van der Waals surface area (Å²) in [5, 5.41) is 10.3. The number of benzene rings is 1. The average molecular weight is 322 g/mol. The topological polar surface area (TPSA) is 42.4 Å². The van der Waals surface area contributed by atoms with Crippen molar-refractivity contribution in [3.05, 3.63) is 57.8 Å². The smallest absolute Gasteiger partial charge is 0.122 e. The molecule has 1 unspecified atom stereocenters. The van der Waals surface area contributed by atoms with Gasteiger partial charge < -0.3 is 9.84 Å². The van der Waals surface area contributed by atoms with E-state index in [0.29, 0.717) is 12.1 Å². The van der Waals surface area contributed by atoms with Gasteiger partial charge >= 0.3 is 0 Å². The molecule has 1 aromatic heterocycles. The highest BCUT2D eigenvalue weighted by molar-refractivity contribution is 9.10. The van der Waals surface area contributed by atoms with E-state index in [2.05, 4.69) is 20.9 Å². The van der Waals surface area contributed by atoms with Crippen molar-refractivity contribution in [1.29, 1.82) is 0 Å². The molecule has 0 fully saturated rings. The van der Waals surface area contributed by atoms with Crippen LogP contribution in [0.15, 0.2) is 40.9 Å². The van der Waals surface area contributed by atoms with Crippen LogP contribution < -0.4 is 4.74 Å². The van der Waals surface area contributed by atoms with Crippen LogP contribution in [0.25, 0.3) is 0 Å². The first-order valence-corrected chi connectivity index (χ1v) is 6.83. The lowest BCUT2D eigenvalue weighted by Gasteiger charge is -2.14. The molecule has 1 aromatic carbocycles. The zero-order valence-electron chi connectivity index (χ0n) is 10.9. The summed E-state index contributed by atoms with van der Waals surface area (Å²) in [6.45, 7) is 1.91. The molecule has 0 amide bonds. The van der Waals surface area contributed by atoms with Gasteiger partial charge in [-0.05, 0) is 42.8 Å². The van der Waals surface area contributed by atoms with Gasteiger partial charge in [-0.2, -0.15) is 0 Å². The summed E-state index contributed by atoms with van der Waals surface area (Å²) in [5.74, 6) is 0.773. The average Bonchev–Trinajstić information content (AvgIpc) is 2.39. The first-order chi connectivity index (χ1) is 9.10. The second kappa shape index (κ2) is 6.17. The van der Waals surface area contributed by atoms with Gasteiger partial charge in [0.1, 0.15) is 11.9 Å². The Morgan fingerprint density at radius 2 is 2.11 bits per heavy atom. The minimum Gasteiger partial charge on any atom is -0.496 e. The second-order valence-electron chi connectivity index (χ2n) is 4.38. The Labute approximate surface area is 121 Å². The molecule has 0 aliphatic rings. The number of rotatable bonds is 4. The minimum absolute atomic E-state index is 0.471. The van der Waals surface area contributed by atoms with Gasteiger partial charge in [0.25, 0.3) is 0 Å². The summed E-state index contributed by atoms with van der Waals surface area (Å²) < 4.78 is 6.27. The van der Waals surface area contributed by atoms with Crippen LogP contribution in [-0.2, 0) is 6.42 Å². The second-order valence-corrected chi connectivity index (χ2v) is 5.30. The molecule has 2 aromatic rings. The number of hydrogen-bond donors (Lipinski definition) is 1. The molecule has 4 heteroatoms. The number of aryl methyl sites for hydroxylation is 1. The van der Waals surface area contributed by atoms with Crippen LogP contribution in [0, 0.1) is 6.92 Å². The molecule has 2 rings (SSSR count). The summed E-state index contributed by atoms with van der Waals surface area (Å²) >= 11 is 3.43. The van der Waals surface area contributed by atoms with E-state index < -0.39 is 6.10 Å². The first kappa shape index (κ1) is 14.0. The number of nitrogens with zero attached hydrogens (tertiary/aromatic N) is 1. The zero-order chi connectivity index (χ0) is 13.8. The Morgan fingerprint density at radius 3 is 2.79 bits per heavy atom. The number of pyridine rings is 1. The summed E-state index contributed by atoms with van der Waals surface area (Å²) in [6, 6.07) is 11.4. The Hall–Kier alpha value is -1.39. The Balaban J connectivity index is 2.23. The Morgan fingerprint density at radius 1 is 1.32 bits per heavy atom. The standard InChI is InChI=1S/C15H16BrNO2/c1-10-4-3-5-13(17-10)14(18)9-11-8-12(16)6-7-15(11)19-2/h3-8,14,18H,9H2,1-2H3. The molecule has 0 aliphatic carbocycles. The molecule has 0 radical (unpaired) electrons. The number of halogens is 1.